The van der Waals surface area contributed by atoms with Crippen molar-refractivity contribution in [1.29, 1.82) is 0 Å². The van der Waals surface area contributed by atoms with Gasteiger partial charge in [0.1, 0.15) is 4.32 Å². The maximum atomic E-state index is 12.7. The van der Waals surface area contributed by atoms with E-state index < -0.39 is 9.84 Å². The number of methoxy groups -OCH3 is 1. The normalized spacial score (nSPS) is 22.0. The molecule has 0 spiro atoms. The first-order valence-corrected chi connectivity index (χ1v) is 12.2. The summed E-state index contributed by atoms with van der Waals surface area (Å²) in [4.78, 5) is 28.5. The van der Waals surface area contributed by atoms with Crippen LogP contribution in [0.5, 0.6) is 11.5 Å². The van der Waals surface area contributed by atoms with Crippen LogP contribution in [0.25, 0.3) is 6.08 Å². The number of thiocarbonyl (C=S) groups is 1. The highest BCUT2D eigenvalue weighted by Crippen LogP contribution is 2.34. The van der Waals surface area contributed by atoms with Crippen LogP contribution in [0, 0.1) is 0 Å². The lowest BCUT2D eigenvalue weighted by Gasteiger charge is -2.24. The van der Waals surface area contributed by atoms with Gasteiger partial charge >= 0.3 is 0 Å². The zero-order chi connectivity index (χ0) is 22.1. The third-order valence-electron chi connectivity index (χ3n) is 5.07. The lowest BCUT2D eigenvalue weighted by Crippen LogP contribution is -2.40. The van der Waals surface area contributed by atoms with Crippen molar-refractivity contribution in [2.24, 2.45) is 0 Å². The Kier molecular flexibility index (Phi) is 6.73. The van der Waals surface area contributed by atoms with Gasteiger partial charge in [-0.1, -0.05) is 30.0 Å². The van der Waals surface area contributed by atoms with Gasteiger partial charge in [-0.15, -0.1) is 0 Å². The molecule has 0 aliphatic carbocycles. The molecule has 1 atom stereocenters. The average molecular weight is 471 g/mol. The molecule has 0 aromatic heterocycles. The van der Waals surface area contributed by atoms with Gasteiger partial charge in [0, 0.05) is 26.1 Å². The summed E-state index contributed by atoms with van der Waals surface area (Å²) in [6.45, 7) is 0.129. The van der Waals surface area contributed by atoms with Crippen LogP contribution < -0.4 is 4.74 Å². The maximum absolute atomic E-state index is 12.7. The van der Waals surface area contributed by atoms with E-state index in [1.165, 1.54) is 23.0 Å². The number of aromatic hydroxyl groups is 1. The maximum Gasteiger partial charge on any atom is 0.266 e. The monoisotopic (exact) mass is 470 g/mol. The number of phenols is 1. The standard InChI is InChI=1S/C19H22N2O6S3/c1-20(13-6-8-30(25,26)11-13)17(23)5-7-21-18(24)16(29-19(21)28)10-12-3-4-14(22)15(9-12)27-2/h3-4,9-10,13,22H,5-8,11H2,1-2H3. The lowest BCUT2D eigenvalue weighted by atomic mass is 10.2. The Hall–Kier alpha value is -2.11. The molecule has 30 heavy (non-hydrogen) atoms. The zero-order valence-electron chi connectivity index (χ0n) is 16.5. The number of hydrogen-bond acceptors (Lipinski definition) is 8. The summed E-state index contributed by atoms with van der Waals surface area (Å²) in [6, 6.07) is 4.41. The topological polar surface area (TPSA) is 104 Å². The van der Waals surface area contributed by atoms with Crippen LogP contribution >= 0.6 is 24.0 Å². The molecule has 162 valence electrons. The highest BCUT2D eigenvalue weighted by molar-refractivity contribution is 8.26. The molecule has 0 radical (unpaired) electrons. The minimum atomic E-state index is -3.08. The molecule has 11 heteroatoms. The molecule has 1 N–H and O–H groups in total. The van der Waals surface area contributed by atoms with E-state index in [1.807, 2.05) is 0 Å². The molecule has 0 bridgehead atoms. The fourth-order valence-corrected chi connectivity index (χ4v) is 6.38. The van der Waals surface area contributed by atoms with Gasteiger partial charge in [-0.2, -0.15) is 0 Å². The van der Waals surface area contributed by atoms with Crippen molar-refractivity contribution in [2.75, 3.05) is 32.2 Å². The van der Waals surface area contributed by atoms with E-state index in [0.717, 1.165) is 11.8 Å². The van der Waals surface area contributed by atoms with E-state index in [1.54, 1.807) is 25.3 Å². The van der Waals surface area contributed by atoms with Crippen LogP contribution in [0.1, 0.15) is 18.4 Å². The third kappa shape index (κ3) is 4.96. The Morgan fingerprint density at radius 1 is 1.47 bits per heavy atom. The number of carbonyl (C=O) groups excluding carboxylic acids is 2. The number of ether oxygens (including phenoxy) is 1. The zero-order valence-corrected chi connectivity index (χ0v) is 19.0. The molecule has 2 fully saturated rings. The van der Waals surface area contributed by atoms with Crippen LogP contribution in [0.2, 0.25) is 0 Å². The molecule has 2 amide bonds. The van der Waals surface area contributed by atoms with Gasteiger partial charge in [0.05, 0.1) is 23.5 Å². The lowest BCUT2D eigenvalue weighted by molar-refractivity contribution is -0.132. The smallest absolute Gasteiger partial charge is 0.266 e. The molecule has 8 nitrogen and oxygen atoms in total. The minimum Gasteiger partial charge on any atom is -0.504 e. The van der Waals surface area contributed by atoms with E-state index >= 15 is 0 Å². The highest BCUT2D eigenvalue weighted by atomic mass is 32.2. The quantitative estimate of drug-likeness (QED) is 0.494. The number of hydrogen-bond donors (Lipinski definition) is 1. The molecule has 0 saturated carbocycles. The van der Waals surface area contributed by atoms with E-state index in [4.69, 9.17) is 17.0 Å². The van der Waals surface area contributed by atoms with Gasteiger partial charge in [0.25, 0.3) is 5.91 Å². The first-order chi connectivity index (χ1) is 14.1. The van der Waals surface area contributed by atoms with E-state index in [-0.39, 0.29) is 48.1 Å². The molecule has 1 unspecified atom stereocenters. The molecule has 2 aliphatic rings. The summed E-state index contributed by atoms with van der Waals surface area (Å²) in [6.07, 6.45) is 2.14. The van der Waals surface area contributed by atoms with Crippen LogP contribution in [0.3, 0.4) is 0 Å². The van der Waals surface area contributed by atoms with Crippen molar-refractivity contribution >= 4 is 56.0 Å². The van der Waals surface area contributed by atoms with Crippen LogP contribution in [0.15, 0.2) is 23.1 Å². The second kappa shape index (κ2) is 8.94. The molecule has 1 aromatic rings. The number of benzene rings is 1. The Morgan fingerprint density at radius 3 is 2.83 bits per heavy atom. The molecule has 2 saturated heterocycles. The fourth-order valence-electron chi connectivity index (χ4n) is 3.30. The second-order valence-electron chi connectivity index (χ2n) is 7.08. The Morgan fingerprint density at radius 2 is 2.20 bits per heavy atom. The number of nitrogens with zero attached hydrogens (tertiary/aromatic N) is 2. The van der Waals surface area contributed by atoms with Gasteiger partial charge in [0.2, 0.25) is 5.91 Å². The van der Waals surface area contributed by atoms with Crippen molar-refractivity contribution in [2.45, 2.75) is 18.9 Å². The number of sulfone groups is 1. The van der Waals surface area contributed by atoms with E-state index in [9.17, 15) is 23.1 Å². The Balaban J connectivity index is 1.63. The molecule has 3 rings (SSSR count). The number of carbonyl (C=O) groups is 2. The van der Waals surface area contributed by atoms with Crippen LogP contribution in [-0.2, 0) is 19.4 Å². The van der Waals surface area contributed by atoms with Crippen molar-refractivity contribution < 1.29 is 27.9 Å². The SMILES string of the molecule is COc1cc(C=C2SC(=S)N(CCC(=O)N(C)C3CCS(=O)(=O)C3)C2=O)ccc1O. The Bertz CT molecular complexity index is 1020. The van der Waals surface area contributed by atoms with Gasteiger partial charge in [0.15, 0.2) is 21.3 Å². The van der Waals surface area contributed by atoms with Gasteiger partial charge < -0.3 is 14.7 Å². The molecular formula is C19H22N2O6S3. The number of amides is 2. The second-order valence-corrected chi connectivity index (χ2v) is 11.0. The van der Waals surface area contributed by atoms with Crippen molar-refractivity contribution in [3.63, 3.8) is 0 Å². The number of rotatable bonds is 6. The minimum absolute atomic E-state index is 0.0000983. The molecular weight excluding hydrogens is 448 g/mol. The average Bonchev–Trinajstić information content (AvgIpc) is 3.19. The third-order valence-corrected chi connectivity index (χ3v) is 8.20. The van der Waals surface area contributed by atoms with Crippen LogP contribution in [-0.4, -0.2) is 77.7 Å². The largest absolute Gasteiger partial charge is 0.504 e. The molecule has 2 aliphatic heterocycles. The Labute approximate surface area is 184 Å². The van der Waals surface area contributed by atoms with Gasteiger partial charge in [-0.05, 0) is 30.2 Å². The summed E-state index contributed by atoms with van der Waals surface area (Å²) in [7, 11) is -0.0503. The van der Waals surface area contributed by atoms with Gasteiger partial charge in [-0.25, -0.2) is 8.42 Å². The van der Waals surface area contributed by atoms with Crippen molar-refractivity contribution in [3.05, 3.63) is 28.7 Å². The first-order valence-electron chi connectivity index (χ1n) is 9.20. The summed E-state index contributed by atoms with van der Waals surface area (Å²) >= 11 is 6.43. The van der Waals surface area contributed by atoms with Crippen molar-refractivity contribution in [1.82, 2.24) is 9.80 Å². The first kappa shape index (κ1) is 22.6. The summed E-state index contributed by atoms with van der Waals surface area (Å²) in [5.41, 5.74) is 0.670. The number of thioether (sulfide) groups is 1. The summed E-state index contributed by atoms with van der Waals surface area (Å²) in [5.74, 6) is -0.151. The number of phenolic OH excluding ortho intramolecular Hbond substituents is 1. The molecule has 1 aromatic carbocycles. The predicted molar refractivity (Wildman–Crippen MR) is 119 cm³/mol. The molecule has 2 heterocycles. The summed E-state index contributed by atoms with van der Waals surface area (Å²) < 4.78 is 28.7. The van der Waals surface area contributed by atoms with E-state index in [2.05, 4.69) is 0 Å². The van der Waals surface area contributed by atoms with Crippen molar-refractivity contribution in [3.8, 4) is 11.5 Å². The summed E-state index contributed by atoms with van der Waals surface area (Å²) in [5, 5.41) is 9.69. The highest BCUT2D eigenvalue weighted by Gasteiger charge is 2.35. The fraction of sp³-hybridized carbons (Fsp3) is 0.421. The predicted octanol–water partition coefficient (Wildman–Crippen LogP) is 1.64. The van der Waals surface area contributed by atoms with E-state index in [0.29, 0.717) is 27.0 Å². The van der Waals surface area contributed by atoms with Crippen LogP contribution in [0.4, 0.5) is 0 Å². The van der Waals surface area contributed by atoms with Gasteiger partial charge in [-0.3, -0.25) is 14.5 Å².